The number of allylic oxidation sites excluding steroid dienone is 3. The second-order valence-electron chi connectivity index (χ2n) is 1.14. The molecule has 40 valence electrons. The van der Waals surface area contributed by atoms with Crippen LogP contribution in [0.5, 0.6) is 0 Å². The Morgan fingerprint density at radius 1 is 1.71 bits per heavy atom. The van der Waals surface area contributed by atoms with E-state index in [1.165, 1.54) is 19.1 Å². The first kappa shape index (κ1) is 6.08. The van der Waals surface area contributed by atoms with E-state index < -0.39 is 0 Å². The van der Waals surface area contributed by atoms with Gasteiger partial charge in [0.2, 0.25) is 0 Å². The third-order valence-electron chi connectivity index (χ3n) is 0.427. The Morgan fingerprint density at radius 3 is 2.43 bits per heavy atom. The number of rotatable bonds is 1. The van der Waals surface area contributed by atoms with Crippen LogP contribution in [0.25, 0.3) is 5.73 Å². The monoisotopic (exact) mass is 97.1 g/mol. The molecule has 0 aromatic heterocycles. The van der Waals surface area contributed by atoms with E-state index in [1.807, 2.05) is 0 Å². The molecule has 0 aliphatic carbocycles. The van der Waals surface area contributed by atoms with Crippen LogP contribution in [0.1, 0.15) is 6.92 Å². The van der Waals surface area contributed by atoms with Gasteiger partial charge in [-0.25, -0.2) is 0 Å². The molecule has 2 heteroatoms. The summed E-state index contributed by atoms with van der Waals surface area (Å²) in [6, 6.07) is 0. The van der Waals surface area contributed by atoms with Crippen molar-refractivity contribution in [3.05, 3.63) is 29.8 Å². The number of hydrogen-bond donors (Lipinski definition) is 0. The summed E-state index contributed by atoms with van der Waals surface area (Å²) in [7, 11) is 0. The van der Waals surface area contributed by atoms with Gasteiger partial charge in [0.05, 0.1) is 0 Å². The summed E-state index contributed by atoms with van der Waals surface area (Å²) in [5.41, 5.74) is 6.43. The highest BCUT2D eigenvalue weighted by molar-refractivity contribution is 5.05. The molecule has 7 heavy (non-hydrogen) atoms. The van der Waals surface area contributed by atoms with Crippen molar-refractivity contribution in [3.63, 3.8) is 0 Å². The van der Waals surface area contributed by atoms with Crippen LogP contribution in [0, 0.1) is 0 Å². The molecular formula is C5H7NO-2. The van der Waals surface area contributed by atoms with Crippen molar-refractivity contribution in [2.45, 2.75) is 6.92 Å². The third-order valence-corrected chi connectivity index (χ3v) is 0.427. The second kappa shape index (κ2) is 3.28. The summed E-state index contributed by atoms with van der Waals surface area (Å²) >= 11 is 0. The Morgan fingerprint density at radius 2 is 2.29 bits per heavy atom. The van der Waals surface area contributed by atoms with Crippen LogP contribution in [0.4, 0.5) is 0 Å². The largest absolute Gasteiger partial charge is 0.876 e. The molecule has 0 aliphatic heterocycles. The molecule has 0 heterocycles. The van der Waals surface area contributed by atoms with Crippen molar-refractivity contribution in [1.29, 1.82) is 0 Å². The van der Waals surface area contributed by atoms with Gasteiger partial charge in [-0.05, 0) is 0 Å². The zero-order valence-electron chi connectivity index (χ0n) is 4.14. The lowest BCUT2D eigenvalue weighted by molar-refractivity contribution is -0.301. The molecule has 0 unspecified atom stereocenters. The maximum atomic E-state index is 10.0. The Bertz CT molecular complexity index is 90.3. The first-order valence-electron chi connectivity index (χ1n) is 1.95. The highest BCUT2D eigenvalue weighted by Crippen LogP contribution is 1.79. The van der Waals surface area contributed by atoms with Crippen LogP contribution >= 0.6 is 0 Å². The van der Waals surface area contributed by atoms with E-state index in [4.69, 9.17) is 5.73 Å². The van der Waals surface area contributed by atoms with Crippen LogP contribution in [0.15, 0.2) is 24.1 Å². The molecule has 0 amide bonds. The lowest BCUT2D eigenvalue weighted by Gasteiger charge is -1.98. The molecule has 0 aliphatic rings. The maximum absolute atomic E-state index is 10.0. The van der Waals surface area contributed by atoms with Crippen LogP contribution in [-0.4, -0.2) is 0 Å². The molecule has 0 saturated heterocycles. The Kier molecular flexibility index (Phi) is 2.85. The zero-order valence-corrected chi connectivity index (χ0v) is 4.14. The van der Waals surface area contributed by atoms with Crippen LogP contribution in [0.3, 0.4) is 0 Å². The van der Waals surface area contributed by atoms with Gasteiger partial charge in [0, 0.05) is 0 Å². The fourth-order valence-electron chi connectivity index (χ4n) is 0.184. The quantitative estimate of drug-likeness (QED) is 0.353. The fraction of sp³-hybridized carbons (Fsp3) is 0.200. The molecule has 0 spiro atoms. The molecule has 1 N–H and O–H groups in total. The lowest BCUT2D eigenvalue weighted by Crippen LogP contribution is -1.95. The molecule has 0 atom stereocenters. The van der Waals surface area contributed by atoms with Gasteiger partial charge in [-0.3, -0.25) is 0 Å². The molecule has 0 rings (SSSR count). The molecule has 0 radical (unpaired) electrons. The van der Waals surface area contributed by atoms with E-state index in [0.29, 0.717) is 0 Å². The topological polar surface area (TPSA) is 46.9 Å². The number of nitrogens with one attached hydrogen (secondary N) is 1. The summed E-state index contributed by atoms with van der Waals surface area (Å²) in [6.45, 7) is 1.44. The maximum Gasteiger partial charge on any atom is -0.0543 e. The highest BCUT2D eigenvalue weighted by atomic mass is 16.3. The molecule has 0 aromatic carbocycles. The smallest absolute Gasteiger partial charge is 0.0543 e. The van der Waals surface area contributed by atoms with Crippen LogP contribution in [0.2, 0.25) is 0 Å². The summed E-state index contributed by atoms with van der Waals surface area (Å²) in [4.78, 5) is 0. The van der Waals surface area contributed by atoms with Crippen molar-refractivity contribution < 1.29 is 5.11 Å². The first-order valence-corrected chi connectivity index (χ1v) is 1.95. The van der Waals surface area contributed by atoms with E-state index in [9.17, 15) is 5.11 Å². The predicted molar refractivity (Wildman–Crippen MR) is 27.2 cm³/mol. The lowest BCUT2D eigenvalue weighted by atomic mass is 10.5. The predicted octanol–water partition coefficient (Wildman–Crippen LogP) is 0.816. The van der Waals surface area contributed by atoms with Gasteiger partial charge in [0.25, 0.3) is 0 Å². The fourth-order valence-corrected chi connectivity index (χ4v) is 0.184. The van der Waals surface area contributed by atoms with E-state index >= 15 is 0 Å². The van der Waals surface area contributed by atoms with Crippen molar-refractivity contribution in [2.75, 3.05) is 0 Å². The highest BCUT2D eigenvalue weighted by Gasteiger charge is 1.54. The molecule has 0 saturated carbocycles. The summed E-state index contributed by atoms with van der Waals surface area (Å²) in [6.07, 6.45) is 3.80. The van der Waals surface area contributed by atoms with Crippen LogP contribution in [-0.2, 0) is 0 Å². The van der Waals surface area contributed by atoms with Crippen molar-refractivity contribution in [1.82, 2.24) is 0 Å². The summed E-state index contributed by atoms with van der Waals surface area (Å²) in [5.74, 6) is -0.0245. The normalized spacial score (nSPS) is 13.0. The average Bonchev–Trinajstić information content (AvgIpc) is 1.61. The Hall–Kier alpha value is -0.920. The van der Waals surface area contributed by atoms with Crippen LogP contribution < -0.4 is 5.11 Å². The SMILES string of the molecule is CC([O-])=CC=C[NH-]. The Labute approximate surface area is 43.0 Å². The van der Waals surface area contributed by atoms with Gasteiger partial charge < -0.3 is 10.8 Å². The summed E-state index contributed by atoms with van der Waals surface area (Å²) in [5, 5.41) is 10.0. The minimum atomic E-state index is -0.0245. The number of hydrogen-bond acceptors (Lipinski definition) is 1. The van der Waals surface area contributed by atoms with E-state index in [0.717, 1.165) is 6.20 Å². The summed E-state index contributed by atoms with van der Waals surface area (Å²) < 4.78 is 0. The molecule has 0 bridgehead atoms. The van der Waals surface area contributed by atoms with Crippen molar-refractivity contribution >= 4 is 0 Å². The molecular weight excluding hydrogens is 90.1 g/mol. The average molecular weight is 97.1 g/mol. The minimum Gasteiger partial charge on any atom is -0.876 e. The Balaban J connectivity index is 3.46. The van der Waals surface area contributed by atoms with Crippen molar-refractivity contribution in [3.8, 4) is 0 Å². The van der Waals surface area contributed by atoms with Crippen molar-refractivity contribution in [2.24, 2.45) is 0 Å². The molecule has 2 nitrogen and oxygen atoms in total. The van der Waals surface area contributed by atoms with E-state index in [1.54, 1.807) is 0 Å². The van der Waals surface area contributed by atoms with Gasteiger partial charge in [-0.15, -0.1) is 5.76 Å². The van der Waals surface area contributed by atoms with Gasteiger partial charge >= 0.3 is 0 Å². The van der Waals surface area contributed by atoms with Gasteiger partial charge in [0.15, 0.2) is 0 Å². The molecule has 0 aromatic rings. The van der Waals surface area contributed by atoms with Gasteiger partial charge in [0.1, 0.15) is 0 Å². The zero-order chi connectivity index (χ0) is 5.70. The second-order valence-corrected chi connectivity index (χ2v) is 1.14. The minimum absolute atomic E-state index is 0.0245. The first-order chi connectivity index (χ1) is 3.27. The van der Waals surface area contributed by atoms with Gasteiger partial charge in [-0.2, -0.15) is 6.20 Å². The van der Waals surface area contributed by atoms with Gasteiger partial charge in [-0.1, -0.05) is 19.1 Å². The standard InChI is InChI=1S/C5H8NO/c1-5(7)3-2-4-6/h2-4,6-7H,1H3/q-1/p-1. The van der Waals surface area contributed by atoms with E-state index in [2.05, 4.69) is 0 Å². The van der Waals surface area contributed by atoms with E-state index in [-0.39, 0.29) is 5.76 Å². The molecule has 0 fully saturated rings. The third kappa shape index (κ3) is 5.08.